The van der Waals surface area contributed by atoms with Crippen LogP contribution in [-0.4, -0.2) is 50.1 Å². The molecule has 4 nitrogen and oxygen atoms in total. The van der Waals surface area contributed by atoms with Gasteiger partial charge in [0.2, 0.25) is 0 Å². The SMILES string of the molecule is CCCCCCC(C)NC(=NC)NCC1CCN(CCC)C1.I. The maximum atomic E-state index is 4.37. The lowest BCUT2D eigenvalue weighted by Crippen LogP contribution is -2.44. The number of unbranched alkanes of at least 4 members (excludes halogenated alkanes) is 3. The van der Waals surface area contributed by atoms with Crippen LogP contribution in [0, 0.1) is 5.92 Å². The monoisotopic (exact) mass is 438 g/mol. The molecule has 138 valence electrons. The zero-order valence-electron chi connectivity index (χ0n) is 15.7. The Bertz CT molecular complexity index is 309. The van der Waals surface area contributed by atoms with Gasteiger partial charge >= 0.3 is 0 Å². The van der Waals surface area contributed by atoms with Crippen molar-refractivity contribution in [3.63, 3.8) is 0 Å². The Balaban J connectivity index is 0.00000484. The molecule has 1 aliphatic heterocycles. The molecule has 0 bridgehead atoms. The Hall–Kier alpha value is -0.0400. The summed E-state index contributed by atoms with van der Waals surface area (Å²) in [7, 11) is 1.87. The van der Waals surface area contributed by atoms with Crippen molar-refractivity contribution in [3.05, 3.63) is 0 Å². The highest BCUT2D eigenvalue weighted by molar-refractivity contribution is 14.0. The molecule has 0 aliphatic carbocycles. The van der Waals surface area contributed by atoms with Crippen molar-refractivity contribution in [1.82, 2.24) is 15.5 Å². The van der Waals surface area contributed by atoms with Crippen LogP contribution in [0.25, 0.3) is 0 Å². The quantitative estimate of drug-likeness (QED) is 0.236. The highest BCUT2D eigenvalue weighted by Gasteiger charge is 2.21. The third kappa shape index (κ3) is 10.4. The maximum Gasteiger partial charge on any atom is 0.191 e. The Morgan fingerprint density at radius 1 is 1.22 bits per heavy atom. The molecular formula is C18H39IN4. The smallest absolute Gasteiger partial charge is 0.191 e. The topological polar surface area (TPSA) is 39.7 Å². The molecule has 0 aromatic rings. The van der Waals surface area contributed by atoms with Gasteiger partial charge < -0.3 is 15.5 Å². The Kier molecular flexibility index (Phi) is 14.3. The predicted octanol–water partition coefficient (Wildman–Crippen LogP) is 3.86. The number of aliphatic imine (C=N–C) groups is 1. The van der Waals surface area contributed by atoms with E-state index in [2.05, 4.69) is 41.3 Å². The van der Waals surface area contributed by atoms with Gasteiger partial charge in [0.05, 0.1) is 0 Å². The minimum Gasteiger partial charge on any atom is -0.356 e. The standard InChI is InChI=1S/C18H38N4.HI/c1-5-7-8-9-10-16(3)21-18(19-4)20-14-17-11-13-22(15-17)12-6-2;/h16-17H,5-15H2,1-4H3,(H2,19,20,21);1H. The third-order valence-corrected chi connectivity index (χ3v) is 4.57. The van der Waals surface area contributed by atoms with Gasteiger partial charge in [0, 0.05) is 26.2 Å². The average Bonchev–Trinajstić information content (AvgIpc) is 2.96. The van der Waals surface area contributed by atoms with Crippen LogP contribution in [0.3, 0.4) is 0 Å². The number of nitrogens with zero attached hydrogens (tertiary/aromatic N) is 2. The summed E-state index contributed by atoms with van der Waals surface area (Å²) in [5, 5.41) is 7.05. The van der Waals surface area contributed by atoms with Gasteiger partial charge in [-0.1, -0.05) is 39.5 Å². The molecule has 1 fully saturated rings. The summed E-state index contributed by atoms with van der Waals surface area (Å²) >= 11 is 0. The lowest BCUT2D eigenvalue weighted by molar-refractivity contribution is 0.324. The first-order chi connectivity index (χ1) is 10.7. The van der Waals surface area contributed by atoms with Crippen LogP contribution in [0.2, 0.25) is 0 Å². The highest BCUT2D eigenvalue weighted by Crippen LogP contribution is 2.15. The van der Waals surface area contributed by atoms with Crippen LogP contribution < -0.4 is 10.6 Å². The molecule has 0 aromatic heterocycles. The van der Waals surface area contributed by atoms with E-state index in [1.54, 1.807) is 0 Å². The van der Waals surface area contributed by atoms with Gasteiger partial charge in [-0.2, -0.15) is 0 Å². The molecular weight excluding hydrogens is 399 g/mol. The lowest BCUT2D eigenvalue weighted by Gasteiger charge is -2.20. The summed E-state index contributed by atoms with van der Waals surface area (Å²) in [6.07, 6.45) is 9.14. The van der Waals surface area contributed by atoms with E-state index < -0.39 is 0 Å². The lowest BCUT2D eigenvalue weighted by atomic mass is 10.1. The van der Waals surface area contributed by atoms with E-state index in [-0.39, 0.29) is 24.0 Å². The van der Waals surface area contributed by atoms with Gasteiger partial charge in [-0.05, 0) is 45.2 Å². The van der Waals surface area contributed by atoms with Crippen molar-refractivity contribution in [2.24, 2.45) is 10.9 Å². The molecule has 0 aromatic carbocycles. The van der Waals surface area contributed by atoms with Crippen molar-refractivity contribution >= 4 is 29.9 Å². The average molecular weight is 438 g/mol. The summed E-state index contributed by atoms with van der Waals surface area (Å²) in [6, 6.07) is 0.503. The number of halogens is 1. The molecule has 0 spiro atoms. The fraction of sp³-hybridized carbons (Fsp3) is 0.944. The Morgan fingerprint density at radius 2 is 2.00 bits per heavy atom. The van der Waals surface area contributed by atoms with Gasteiger partial charge in [-0.25, -0.2) is 0 Å². The van der Waals surface area contributed by atoms with E-state index in [1.165, 1.54) is 64.6 Å². The first-order valence-corrected chi connectivity index (χ1v) is 9.39. The van der Waals surface area contributed by atoms with Crippen LogP contribution >= 0.6 is 24.0 Å². The van der Waals surface area contributed by atoms with Crippen molar-refractivity contribution in [2.45, 2.75) is 71.8 Å². The molecule has 1 aliphatic rings. The van der Waals surface area contributed by atoms with E-state index in [0.29, 0.717) is 6.04 Å². The van der Waals surface area contributed by atoms with Gasteiger partial charge in [-0.15, -0.1) is 24.0 Å². The molecule has 1 rings (SSSR count). The highest BCUT2D eigenvalue weighted by atomic mass is 127. The molecule has 2 atom stereocenters. The van der Waals surface area contributed by atoms with E-state index in [9.17, 15) is 0 Å². The number of rotatable bonds is 10. The molecule has 0 saturated carbocycles. The summed E-state index contributed by atoms with van der Waals surface area (Å²) in [4.78, 5) is 6.95. The van der Waals surface area contributed by atoms with Crippen molar-refractivity contribution < 1.29 is 0 Å². The van der Waals surface area contributed by atoms with E-state index >= 15 is 0 Å². The normalized spacial score (nSPS) is 20.2. The molecule has 5 heteroatoms. The largest absolute Gasteiger partial charge is 0.356 e. The first-order valence-electron chi connectivity index (χ1n) is 9.39. The van der Waals surface area contributed by atoms with E-state index in [1.807, 2.05) is 7.05 Å². The van der Waals surface area contributed by atoms with E-state index in [4.69, 9.17) is 0 Å². The first kappa shape index (κ1) is 23.0. The minimum atomic E-state index is 0. The molecule has 2 unspecified atom stereocenters. The zero-order valence-corrected chi connectivity index (χ0v) is 18.1. The van der Waals surface area contributed by atoms with Gasteiger partial charge in [-0.3, -0.25) is 4.99 Å². The molecule has 23 heavy (non-hydrogen) atoms. The number of nitrogens with one attached hydrogen (secondary N) is 2. The van der Waals surface area contributed by atoms with Crippen LogP contribution in [0.15, 0.2) is 4.99 Å². The molecule has 0 radical (unpaired) electrons. The molecule has 0 amide bonds. The second kappa shape index (κ2) is 14.3. The number of hydrogen-bond acceptors (Lipinski definition) is 2. The van der Waals surface area contributed by atoms with Gasteiger partial charge in [0.1, 0.15) is 0 Å². The van der Waals surface area contributed by atoms with E-state index in [0.717, 1.165) is 18.4 Å². The van der Waals surface area contributed by atoms with Crippen LogP contribution in [0.5, 0.6) is 0 Å². The van der Waals surface area contributed by atoms with Gasteiger partial charge in [0.15, 0.2) is 5.96 Å². The minimum absolute atomic E-state index is 0. The number of likely N-dealkylation sites (tertiary alicyclic amines) is 1. The van der Waals surface area contributed by atoms with Gasteiger partial charge in [0.25, 0.3) is 0 Å². The van der Waals surface area contributed by atoms with Crippen LogP contribution in [0.1, 0.15) is 65.7 Å². The van der Waals surface area contributed by atoms with Crippen LogP contribution in [0.4, 0.5) is 0 Å². The Morgan fingerprint density at radius 3 is 2.65 bits per heavy atom. The summed E-state index contributed by atoms with van der Waals surface area (Å²) in [6.45, 7) is 11.6. The van der Waals surface area contributed by atoms with Crippen molar-refractivity contribution in [1.29, 1.82) is 0 Å². The third-order valence-electron chi connectivity index (χ3n) is 4.57. The fourth-order valence-electron chi connectivity index (χ4n) is 3.22. The number of hydrogen-bond donors (Lipinski definition) is 2. The Labute approximate surface area is 161 Å². The molecule has 1 saturated heterocycles. The molecule has 2 N–H and O–H groups in total. The number of guanidine groups is 1. The zero-order chi connectivity index (χ0) is 16.2. The fourth-order valence-corrected chi connectivity index (χ4v) is 3.22. The summed E-state index contributed by atoms with van der Waals surface area (Å²) in [5.74, 6) is 1.74. The van der Waals surface area contributed by atoms with Crippen molar-refractivity contribution in [3.8, 4) is 0 Å². The predicted molar refractivity (Wildman–Crippen MR) is 113 cm³/mol. The second-order valence-corrected chi connectivity index (χ2v) is 6.80. The summed E-state index contributed by atoms with van der Waals surface area (Å²) in [5.41, 5.74) is 0. The van der Waals surface area contributed by atoms with Crippen LogP contribution in [-0.2, 0) is 0 Å². The second-order valence-electron chi connectivity index (χ2n) is 6.80. The molecule has 1 heterocycles. The maximum absolute atomic E-state index is 4.37. The van der Waals surface area contributed by atoms with Crippen molar-refractivity contribution in [2.75, 3.05) is 33.2 Å². The summed E-state index contributed by atoms with van der Waals surface area (Å²) < 4.78 is 0.